The van der Waals surface area contributed by atoms with Gasteiger partial charge in [0.05, 0.1) is 0 Å². The summed E-state index contributed by atoms with van der Waals surface area (Å²) in [6.07, 6.45) is 0. The minimum absolute atomic E-state index is 0.266. The molecule has 0 atom stereocenters. The zero-order chi connectivity index (χ0) is 13.9. The Morgan fingerprint density at radius 3 is 1.80 bits per heavy atom. The van der Waals surface area contributed by atoms with Crippen molar-refractivity contribution in [3.63, 3.8) is 0 Å². The highest BCUT2D eigenvalue weighted by Gasteiger charge is 2.12. The first-order chi connectivity index (χ1) is 9.74. The maximum atomic E-state index is 13.5. The highest BCUT2D eigenvalue weighted by atomic mass is 31.1. The van der Waals surface area contributed by atoms with Crippen LogP contribution >= 0.6 is 7.92 Å². The van der Waals surface area contributed by atoms with E-state index < -0.39 is 7.92 Å². The third-order valence-corrected chi connectivity index (χ3v) is 5.44. The average molecular weight is 285 g/mol. The molecule has 0 aliphatic carbocycles. The van der Waals surface area contributed by atoms with Crippen LogP contribution in [0.15, 0.2) is 72.8 Å². The van der Waals surface area contributed by atoms with Crippen LogP contribution in [0.5, 0.6) is 0 Å². The third-order valence-electron chi connectivity index (χ3n) is 3.04. The first kappa shape index (κ1) is 13.1. The molecule has 0 nitrogen and oxygen atoms in total. The first-order valence-electron chi connectivity index (χ1n) is 6.27. The van der Waals surface area contributed by atoms with Gasteiger partial charge < -0.3 is 0 Å². The second-order valence-corrected chi connectivity index (χ2v) is 6.66. The highest BCUT2D eigenvalue weighted by molar-refractivity contribution is 7.79. The quantitative estimate of drug-likeness (QED) is 0.511. The molecule has 0 N–H and O–H groups in total. The van der Waals surface area contributed by atoms with E-state index in [-0.39, 0.29) is 11.6 Å². The van der Waals surface area contributed by atoms with Gasteiger partial charge in [-0.25, -0.2) is 14.8 Å². The van der Waals surface area contributed by atoms with Crippen molar-refractivity contribution in [1.29, 1.82) is 0 Å². The van der Waals surface area contributed by atoms with E-state index in [1.165, 1.54) is 24.3 Å². The molecular formula is C17H12F2P-. The lowest BCUT2D eigenvalue weighted by Crippen LogP contribution is -2.20. The van der Waals surface area contributed by atoms with Crippen molar-refractivity contribution < 1.29 is 8.78 Å². The van der Waals surface area contributed by atoms with Gasteiger partial charge in [-0.05, 0) is 34.9 Å². The maximum absolute atomic E-state index is 13.5. The van der Waals surface area contributed by atoms with Crippen LogP contribution in [0.1, 0.15) is 0 Å². The Kier molecular flexibility index (Phi) is 3.66. The van der Waals surface area contributed by atoms with Crippen molar-refractivity contribution in [2.24, 2.45) is 0 Å². The fraction of sp³-hybridized carbons (Fsp3) is 0. The Labute approximate surface area is 117 Å². The number of halogens is 2. The molecule has 20 heavy (non-hydrogen) atoms. The normalized spacial score (nSPS) is 10.9. The summed E-state index contributed by atoms with van der Waals surface area (Å²) in [7, 11) is -0.921. The Morgan fingerprint density at radius 1 is 0.750 bits per heavy atom. The molecule has 0 amide bonds. The summed E-state index contributed by atoms with van der Waals surface area (Å²) in [4.78, 5) is 0. The number of benzene rings is 2. The van der Waals surface area contributed by atoms with Gasteiger partial charge in [-0.15, -0.1) is 0 Å². The van der Waals surface area contributed by atoms with Crippen molar-refractivity contribution >= 4 is 23.8 Å². The Balaban J connectivity index is 2.14. The van der Waals surface area contributed by atoms with E-state index in [2.05, 4.69) is 0 Å². The third kappa shape index (κ3) is 2.66. The van der Waals surface area contributed by atoms with Gasteiger partial charge >= 0.3 is 0 Å². The van der Waals surface area contributed by atoms with Crippen LogP contribution in [0.2, 0.25) is 0 Å². The minimum Gasteiger partial charge on any atom is -0.207 e. The lowest BCUT2D eigenvalue weighted by atomic mass is 10.3. The summed E-state index contributed by atoms with van der Waals surface area (Å²) in [6, 6.07) is 21.0. The van der Waals surface area contributed by atoms with Gasteiger partial charge in [0.15, 0.2) is 0 Å². The SMILES string of the molecule is Fc1cccc(P(c2cc[cH-]c2)c2cccc(F)c2)c1. The Hall–Kier alpha value is -1.92. The number of hydrogen-bond donors (Lipinski definition) is 0. The maximum Gasteiger partial charge on any atom is 0.123 e. The van der Waals surface area contributed by atoms with E-state index in [9.17, 15) is 8.78 Å². The summed E-state index contributed by atoms with van der Waals surface area (Å²) in [6.45, 7) is 0. The molecule has 0 aliphatic heterocycles. The van der Waals surface area contributed by atoms with Crippen molar-refractivity contribution in [1.82, 2.24) is 0 Å². The summed E-state index contributed by atoms with van der Waals surface area (Å²) in [5, 5.41) is 2.87. The molecule has 0 aliphatic rings. The second kappa shape index (κ2) is 5.60. The fourth-order valence-electron chi connectivity index (χ4n) is 2.19. The molecule has 0 bridgehead atoms. The monoisotopic (exact) mass is 285 g/mol. The second-order valence-electron chi connectivity index (χ2n) is 4.44. The zero-order valence-electron chi connectivity index (χ0n) is 10.6. The molecule has 0 radical (unpaired) electrons. The lowest BCUT2D eigenvalue weighted by molar-refractivity contribution is 0.629. The van der Waals surface area contributed by atoms with E-state index >= 15 is 0 Å². The molecular weight excluding hydrogens is 273 g/mol. The number of rotatable bonds is 3. The summed E-state index contributed by atoms with van der Waals surface area (Å²) in [5.74, 6) is -0.532. The zero-order valence-corrected chi connectivity index (χ0v) is 11.5. The molecule has 0 heterocycles. The minimum atomic E-state index is -0.921. The van der Waals surface area contributed by atoms with Crippen molar-refractivity contribution in [2.75, 3.05) is 0 Å². The van der Waals surface area contributed by atoms with Crippen LogP contribution in [0.25, 0.3) is 0 Å². The molecule has 0 aromatic heterocycles. The van der Waals surface area contributed by atoms with Crippen LogP contribution in [-0.4, -0.2) is 0 Å². The molecule has 0 fully saturated rings. The van der Waals surface area contributed by atoms with Gasteiger partial charge in [-0.3, -0.25) is 0 Å². The van der Waals surface area contributed by atoms with E-state index in [0.717, 1.165) is 15.9 Å². The van der Waals surface area contributed by atoms with Crippen LogP contribution < -0.4 is 15.9 Å². The highest BCUT2D eigenvalue weighted by Crippen LogP contribution is 2.33. The van der Waals surface area contributed by atoms with Gasteiger partial charge in [0.2, 0.25) is 0 Å². The van der Waals surface area contributed by atoms with Gasteiger partial charge in [-0.2, -0.15) is 23.5 Å². The van der Waals surface area contributed by atoms with E-state index in [1.807, 2.05) is 36.4 Å². The van der Waals surface area contributed by atoms with E-state index in [1.54, 1.807) is 12.1 Å². The molecule has 3 rings (SSSR count). The molecule has 100 valence electrons. The van der Waals surface area contributed by atoms with Crippen molar-refractivity contribution in [2.45, 2.75) is 0 Å². The Bertz CT molecular complexity index is 659. The lowest BCUT2D eigenvalue weighted by Gasteiger charge is -2.23. The van der Waals surface area contributed by atoms with Gasteiger partial charge in [-0.1, -0.05) is 32.2 Å². The van der Waals surface area contributed by atoms with Gasteiger partial charge in [0.1, 0.15) is 11.6 Å². The molecule has 3 aromatic rings. The van der Waals surface area contributed by atoms with Crippen LogP contribution in [0.3, 0.4) is 0 Å². The molecule has 0 saturated heterocycles. The Morgan fingerprint density at radius 2 is 1.35 bits per heavy atom. The van der Waals surface area contributed by atoms with Gasteiger partial charge in [0, 0.05) is 0 Å². The van der Waals surface area contributed by atoms with Crippen molar-refractivity contribution in [3.05, 3.63) is 84.4 Å². The van der Waals surface area contributed by atoms with Crippen molar-refractivity contribution in [3.8, 4) is 0 Å². The summed E-state index contributed by atoms with van der Waals surface area (Å²) < 4.78 is 27.0. The topological polar surface area (TPSA) is 0 Å². The number of hydrogen-bond acceptors (Lipinski definition) is 0. The van der Waals surface area contributed by atoms with E-state index in [0.29, 0.717) is 0 Å². The molecule has 3 heteroatoms. The summed E-state index contributed by atoms with van der Waals surface area (Å²) in [5.41, 5.74) is 0. The molecule has 0 spiro atoms. The average Bonchev–Trinajstić information content (AvgIpc) is 2.93. The molecule has 0 saturated carbocycles. The standard InChI is InChI=1S/C17H12F2P/c18-13-5-3-9-16(11-13)20(15-7-1-2-8-15)17-10-4-6-14(19)12-17/h1-12H/q-1. The fourth-order valence-corrected chi connectivity index (χ4v) is 4.53. The smallest absolute Gasteiger partial charge is 0.123 e. The van der Waals surface area contributed by atoms with Crippen LogP contribution in [0.4, 0.5) is 8.78 Å². The largest absolute Gasteiger partial charge is 0.207 e. The summed E-state index contributed by atoms with van der Waals surface area (Å²) >= 11 is 0. The van der Waals surface area contributed by atoms with Crippen LogP contribution in [-0.2, 0) is 0 Å². The molecule has 3 aromatic carbocycles. The predicted molar refractivity (Wildman–Crippen MR) is 80.7 cm³/mol. The van der Waals surface area contributed by atoms with Crippen LogP contribution in [0, 0.1) is 11.6 Å². The predicted octanol–water partition coefficient (Wildman–Crippen LogP) is 3.44. The van der Waals surface area contributed by atoms with E-state index in [4.69, 9.17) is 0 Å². The molecule has 0 unspecified atom stereocenters. The first-order valence-corrected chi connectivity index (χ1v) is 7.61. The van der Waals surface area contributed by atoms with Gasteiger partial charge in [0.25, 0.3) is 0 Å².